The first-order valence-corrected chi connectivity index (χ1v) is 10.7. The van der Waals surface area contributed by atoms with Crippen LogP contribution < -0.4 is 0 Å². The Morgan fingerprint density at radius 3 is 1.19 bits per heavy atom. The van der Waals surface area contributed by atoms with Gasteiger partial charge in [-0.2, -0.15) is 0 Å². The summed E-state index contributed by atoms with van der Waals surface area (Å²) in [6.45, 7) is 4.16. The van der Waals surface area contributed by atoms with Crippen LogP contribution in [0.4, 0.5) is 0 Å². The molecule has 0 aliphatic heterocycles. The topological polar surface area (TPSA) is 0 Å². The van der Waals surface area contributed by atoms with E-state index in [4.69, 9.17) is 0 Å². The largest absolute Gasteiger partial charge is 0.0617 e. The summed E-state index contributed by atoms with van der Waals surface area (Å²) in [6, 6.07) is 33.1. The van der Waals surface area contributed by atoms with Crippen LogP contribution in [0.25, 0.3) is 12.2 Å². The third-order valence-corrected chi connectivity index (χ3v) is 5.03. The van der Waals surface area contributed by atoms with Crippen LogP contribution in [0.15, 0.2) is 97.1 Å². The summed E-state index contributed by atoms with van der Waals surface area (Å²) in [5, 5.41) is 0. The van der Waals surface area contributed by atoms with E-state index in [-0.39, 0.29) is 0 Å². The van der Waals surface area contributed by atoms with E-state index in [0.29, 0.717) is 0 Å². The van der Waals surface area contributed by atoms with E-state index in [9.17, 15) is 0 Å². The van der Waals surface area contributed by atoms with Crippen molar-refractivity contribution in [1.82, 2.24) is 0 Å². The molecular weight excluding hydrogens is 384 g/mol. The average Bonchev–Trinajstić information content (AvgIpc) is 2.81. The highest BCUT2D eigenvalue weighted by Gasteiger charge is 1.93. The van der Waals surface area contributed by atoms with Gasteiger partial charge >= 0.3 is 0 Å². The van der Waals surface area contributed by atoms with Crippen LogP contribution in [0, 0.1) is 37.5 Å². The zero-order chi connectivity index (χ0) is 22.2. The van der Waals surface area contributed by atoms with Gasteiger partial charge in [-0.05, 0) is 84.6 Å². The molecule has 0 radical (unpaired) electrons. The van der Waals surface area contributed by atoms with Crippen LogP contribution in [0.2, 0.25) is 0 Å². The zero-order valence-electron chi connectivity index (χ0n) is 18.4. The van der Waals surface area contributed by atoms with Gasteiger partial charge in [0.25, 0.3) is 0 Å². The molecule has 4 rings (SSSR count). The van der Waals surface area contributed by atoms with Crippen molar-refractivity contribution in [3.63, 3.8) is 0 Å². The summed E-state index contributed by atoms with van der Waals surface area (Å²) in [7, 11) is 0. The van der Waals surface area contributed by atoms with Crippen LogP contribution in [0.1, 0.15) is 44.5 Å². The zero-order valence-corrected chi connectivity index (χ0v) is 18.4. The summed E-state index contributed by atoms with van der Waals surface area (Å²) in [6.07, 6.45) is 4.23. The maximum absolute atomic E-state index is 3.24. The smallest absolute Gasteiger partial charge is 0.0251 e. The van der Waals surface area contributed by atoms with Crippen LogP contribution >= 0.6 is 0 Å². The summed E-state index contributed by atoms with van der Waals surface area (Å²) in [4.78, 5) is 0. The first kappa shape index (κ1) is 21.0. The molecule has 0 aromatic heterocycles. The molecule has 0 unspecified atom stereocenters. The molecule has 0 spiro atoms. The van der Waals surface area contributed by atoms with E-state index in [1.54, 1.807) is 0 Å². The Labute approximate surface area is 191 Å². The Hall–Kier alpha value is -4.26. The minimum absolute atomic E-state index is 1.01. The number of rotatable bonds is 2. The summed E-state index contributed by atoms with van der Waals surface area (Å²) < 4.78 is 0. The van der Waals surface area contributed by atoms with Crippen LogP contribution in [-0.2, 0) is 0 Å². The number of benzene rings is 4. The maximum atomic E-state index is 3.24. The second-order valence-corrected chi connectivity index (χ2v) is 7.82. The van der Waals surface area contributed by atoms with E-state index < -0.39 is 0 Å². The lowest BCUT2D eigenvalue weighted by atomic mass is 10.1. The van der Waals surface area contributed by atoms with Gasteiger partial charge in [-0.25, -0.2) is 0 Å². The van der Waals surface area contributed by atoms with Crippen molar-refractivity contribution in [3.8, 4) is 23.7 Å². The Bertz CT molecular complexity index is 1250. The third-order valence-electron chi connectivity index (χ3n) is 5.03. The van der Waals surface area contributed by atoms with Gasteiger partial charge in [-0.3, -0.25) is 0 Å². The van der Waals surface area contributed by atoms with Crippen molar-refractivity contribution in [3.05, 3.63) is 142 Å². The van der Waals surface area contributed by atoms with Crippen molar-refractivity contribution < 1.29 is 0 Å². The molecule has 0 nitrogen and oxygen atoms in total. The minimum Gasteiger partial charge on any atom is -0.0617 e. The van der Waals surface area contributed by atoms with Gasteiger partial charge < -0.3 is 0 Å². The lowest BCUT2D eigenvalue weighted by molar-refractivity contribution is 1.45. The van der Waals surface area contributed by atoms with Gasteiger partial charge in [0.2, 0.25) is 0 Å². The SMILES string of the molecule is Cc1cccc(C#Cc2ccc(/C=C/c3ccc(C#Cc4cccc(C)c4)cc3)cc2)c1. The Morgan fingerprint density at radius 1 is 0.438 bits per heavy atom. The Morgan fingerprint density at radius 2 is 0.812 bits per heavy atom. The van der Waals surface area contributed by atoms with Crippen molar-refractivity contribution in [2.45, 2.75) is 13.8 Å². The molecule has 0 atom stereocenters. The summed E-state index contributed by atoms with van der Waals surface area (Å²) >= 11 is 0. The molecule has 0 aliphatic rings. The lowest BCUT2D eigenvalue weighted by Crippen LogP contribution is -1.80. The number of hydrogen-bond donors (Lipinski definition) is 0. The van der Waals surface area contributed by atoms with Gasteiger partial charge in [-0.1, -0.05) is 84.4 Å². The molecule has 0 heteroatoms. The van der Waals surface area contributed by atoms with Gasteiger partial charge in [-0.15, -0.1) is 0 Å². The fourth-order valence-corrected chi connectivity index (χ4v) is 3.28. The van der Waals surface area contributed by atoms with Crippen LogP contribution in [-0.4, -0.2) is 0 Å². The highest BCUT2D eigenvalue weighted by molar-refractivity contribution is 5.70. The number of aryl methyl sites for hydroxylation is 2. The average molecular weight is 409 g/mol. The fraction of sp³-hybridized carbons (Fsp3) is 0.0625. The van der Waals surface area contributed by atoms with Crippen molar-refractivity contribution in [2.24, 2.45) is 0 Å². The van der Waals surface area contributed by atoms with Crippen molar-refractivity contribution in [2.75, 3.05) is 0 Å². The first-order chi connectivity index (χ1) is 15.6. The van der Waals surface area contributed by atoms with E-state index in [2.05, 4.69) is 122 Å². The van der Waals surface area contributed by atoms with Crippen molar-refractivity contribution >= 4 is 12.2 Å². The first-order valence-electron chi connectivity index (χ1n) is 10.7. The second-order valence-electron chi connectivity index (χ2n) is 7.82. The third kappa shape index (κ3) is 6.12. The highest BCUT2D eigenvalue weighted by atomic mass is 14.0. The quantitative estimate of drug-likeness (QED) is 0.242. The molecule has 0 aliphatic carbocycles. The molecule has 0 fully saturated rings. The molecule has 0 amide bonds. The highest BCUT2D eigenvalue weighted by Crippen LogP contribution is 2.11. The molecular formula is C32H24. The van der Waals surface area contributed by atoms with E-state index in [0.717, 1.165) is 33.4 Å². The Kier molecular flexibility index (Phi) is 6.67. The van der Waals surface area contributed by atoms with E-state index in [1.807, 2.05) is 24.3 Å². The predicted octanol–water partition coefficient (Wildman–Crippen LogP) is 7.27. The molecule has 0 N–H and O–H groups in total. The summed E-state index contributed by atoms with van der Waals surface area (Å²) in [5.41, 5.74) is 8.86. The van der Waals surface area contributed by atoms with Gasteiger partial charge in [0.15, 0.2) is 0 Å². The van der Waals surface area contributed by atoms with Gasteiger partial charge in [0, 0.05) is 22.3 Å². The monoisotopic (exact) mass is 408 g/mol. The molecule has 152 valence electrons. The molecule has 0 heterocycles. The molecule has 0 saturated carbocycles. The van der Waals surface area contributed by atoms with Crippen LogP contribution in [0.3, 0.4) is 0 Å². The van der Waals surface area contributed by atoms with Crippen LogP contribution in [0.5, 0.6) is 0 Å². The molecule has 0 saturated heterocycles. The molecule has 4 aromatic rings. The Balaban J connectivity index is 1.39. The lowest BCUT2D eigenvalue weighted by Gasteiger charge is -1.97. The van der Waals surface area contributed by atoms with Gasteiger partial charge in [0.1, 0.15) is 0 Å². The van der Waals surface area contributed by atoms with Crippen molar-refractivity contribution in [1.29, 1.82) is 0 Å². The van der Waals surface area contributed by atoms with E-state index >= 15 is 0 Å². The van der Waals surface area contributed by atoms with Gasteiger partial charge in [0.05, 0.1) is 0 Å². The number of hydrogen-bond acceptors (Lipinski definition) is 0. The normalized spacial score (nSPS) is 10.2. The summed E-state index contributed by atoms with van der Waals surface area (Å²) in [5.74, 6) is 12.9. The molecule has 0 bridgehead atoms. The fourth-order valence-electron chi connectivity index (χ4n) is 3.28. The van der Waals surface area contributed by atoms with E-state index in [1.165, 1.54) is 11.1 Å². The predicted molar refractivity (Wildman–Crippen MR) is 136 cm³/mol. The maximum Gasteiger partial charge on any atom is 0.0251 e. The molecule has 32 heavy (non-hydrogen) atoms. The minimum atomic E-state index is 1.01. The standard InChI is InChI=1S/C32H24/c1-25-5-3-7-31(23-25)21-19-29-15-11-27(12-16-29)9-10-28-13-17-30(18-14-28)20-22-32-8-4-6-26(2)24-32/h3-18,23-24H,1-2H3/b10-9+. The molecule has 4 aromatic carbocycles. The second kappa shape index (κ2) is 10.2.